The van der Waals surface area contributed by atoms with Gasteiger partial charge in [-0.3, -0.25) is 19.5 Å². The first-order valence-electron chi connectivity index (χ1n) is 10.8. The second-order valence-corrected chi connectivity index (χ2v) is 7.78. The van der Waals surface area contributed by atoms with Gasteiger partial charge in [-0.1, -0.05) is 29.8 Å². The fourth-order valence-electron chi connectivity index (χ4n) is 3.60. The first kappa shape index (κ1) is 23.6. The van der Waals surface area contributed by atoms with Gasteiger partial charge in [0.15, 0.2) is 0 Å². The molecule has 0 unspecified atom stereocenters. The minimum atomic E-state index is -1.10. The Labute approximate surface area is 202 Å². The summed E-state index contributed by atoms with van der Waals surface area (Å²) in [5, 5.41) is 2.80. The Bertz CT molecular complexity index is 1310. The fourth-order valence-corrected chi connectivity index (χ4v) is 3.60. The van der Waals surface area contributed by atoms with Crippen LogP contribution in [0.5, 0.6) is 5.75 Å². The van der Waals surface area contributed by atoms with Crippen molar-refractivity contribution in [3.8, 4) is 5.75 Å². The standard InChI is InChI=1S/C27H23FN4O3/c1-18-6-12-22(13-7-18)32(27(34)24-17-29-14-15-30-24)25(19-4-3-5-23(16-19)35-2)26(33)31-21-10-8-20(28)9-11-21/h3-17,25H,1-2H3,(H,31,33)/t25-/m1/s1. The molecule has 3 aromatic carbocycles. The molecule has 1 aromatic heterocycles. The summed E-state index contributed by atoms with van der Waals surface area (Å²) in [5.41, 5.74) is 2.47. The molecule has 0 saturated heterocycles. The van der Waals surface area contributed by atoms with Crippen LogP contribution in [-0.4, -0.2) is 28.9 Å². The lowest BCUT2D eigenvalue weighted by Crippen LogP contribution is -2.42. The molecule has 0 aliphatic rings. The summed E-state index contributed by atoms with van der Waals surface area (Å²) in [7, 11) is 1.52. The van der Waals surface area contributed by atoms with Crippen molar-refractivity contribution in [1.29, 1.82) is 0 Å². The zero-order valence-corrected chi connectivity index (χ0v) is 19.2. The second kappa shape index (κ2) is 10.6. The number of hydrogen-bond acceptors (Lipinski definition) is 5. The van der Waals surface area contributed by atoms with Crippen LogP contribution in [0.25, 0.3) is 0 Å². The third-order valence-electron chi connectivity index (χ3n) is 5.34. The number of methoxy groups -OCH3 is 1. The minimum absolute atomic E-state index is 0.0792. The van der Waals surface area contributed by atoms with Crippen LogP contribution in [0.1, 0.15) is 27.7 Å². The lowest BCUT2D eigenvalue weighted by molar-refractivity contribution is -0.117. The number of nitrogens with zero attached hydrogens (tertiary/aromatic N) is 3. The number of benzene rings is 3. The van der Waals surface area contributed by atoms with Gasteiger partial charge in [-0.2, -0.15) is 0 Å². The van der Waals surface area contributed by atoms with E-state index in [0.29, 0.717) is 22.7 Å². The smallest absolute Gasteiger partial charge is 0.279 e. The Morgan fingerprint density at radius 3 is 2.40 bits per heavy atom. The first-order chi connectivity index (χ1) is 17.0. The molecule has 35 heavy (non-hydrogen) atoms. The molecule has 7 nitrogen and oxygen atoms in total. The summed E-state index contributed by atoms with van der Waals surface area (Å²) >= 11 is 0. The molecule has 0 radical (unpaired) electrons. The lowest BCUT2D eigenvalue weighted by Gasteiger charge is -2.31. The molecule has 0 bridgehead atoms. The van der Waals surface area contributed by atoms with Gasteiger partial charge < -0.3 is 10.1 Å². The Morgan fingerprint density at radius 2 is 1.74 bits per heavy atom. The van der Waals surface area contributed by atoms with E-state index < -0.39 is 23.7 Å². The van der Waals surface area contributed by atoms with Crippen molar-refractivity contribution >= 4 is 23.2 Å². The zero-order valence-electron chi connectivity index (χ0n) is 19.2. The van der Waals surface area contributed by atoms with Gasteiger partial charge in [0, 0.05) is 23.8 Å². The largest absolute Gasteiger partial charge is 0.497 e. The van der Waals surface area contributed by atoms with Crippen molar-refractivity contribution in [1.82, 2.24) is 9.97 Å². The SMILES string of the molecule is COc1cccc([C@H](C(=O)Nc2ccc(F)cc2)N(C(=O)c2cnccn2)c2ccc(C)cc2)c1. The van der Waals surface area contributed by atoms with E-state index >= 15 is 0 Å². The number of rotatable bonds is 7. The number of ether oxygens (including phenoxy) is 1. The van der Waals surface area contributed by atoms with E-state index in [0.717, 1.165) is 5.56 Å². The molecule has 1 N–H and O–H groups in total. The summed E-state index contributed by atoms with van der Waals surface area (Å²) in [6.07, 6.45) is 4.23. The van der Waals surface area contributed by atoms with E-state index in [1.807, 2.05) is 19.1 Å². The van der Waals surface area contributed by atoms with Crippen LogP contribution in [-0.2, 0) is 4.79 Å². The Kier molecular flexibility index (Phi) is 7.11. The van der Waals surface area contributed by atoms with Crippen molar-refractivity contribution in [3.05, 3.63) is 114 Å². The van der Waals surface area contributed by atoms with Gasteiger partial charge in [-0.25, -0.2) is 9.37 Å². The topological polar surface area (TPSA) is 84.4 Å². The van der Waals surface area contributed by atoms with E-state index in [1.54, 1.807) is 36.4 Å². The summed E-state index contributed by atoms with van der Waals surface area (Å²) < 4.78 is 18.8. The number of aromatic nitrogens is 2. The fraction of sp³-hybridized carbons (Fsp3) is 0.111. The molecule has 4 rings (SSSR count). The van der Waals surface area contributed by atoms with Gasteiger partial charge in [-0.15, -0.1) is 0 Å². The van der Waals surface area contributed by atoms with Crippen LogP contribution < -0.4 is 15.0 Å². The highest BCUT2D eigenvalue weighted by atomic mass is 19.1. The second-order valence-electron chi connectivity index (χ2n) is 7.78. The van der Waals surface area contributed by atoms with Crippen LogP contribution in [0.4, 0.5) is 15.8 Å². The first-order valence-corrected chi connectivity index (χ1v) is 10.8. The number of nitrogens with one attached hydrogen (secondary N) is 1. The van der Waals surface area contributed by atoms with E-state index in [-0.39, 0.29) is 5.69 Å². The van der Waals surface area contributed by atoms with Gasteiger partial charge in [0.25, 0.3) is 11.8 Å². The molecule has 1 heterocycles. The highest BCUT2D eigenvalue weighted by molar-refractivity contribution is 6.11. The number of carbonyl (C=O) groups excluding carboxylic acids is 2. The molecule has 2 amide bonds. The number of anilines is 2. The summed E-state index contributed by atoms with van der Waals surface area (Å²) in [6.45, 7) is 1.93. The number of aryl methyl sites for hydroxylation is 1. The lowest BCUT2D eigenvalue weighted by atomic mass is 10.0. The third-order valence-corrected chi connectivity index (χ3v) is 5.34. The van der Waals surface area contributed by atoms with Crippen LogP contribution in [0, 0.1) is 12.7 Å². The van der Waals surface area contributed by atoms with Crippen molar-refractivity contribution in [2.75, 3.05) is 17.3 Å². The quantitative estimate of drug-likeness (QED) is 0.413. The van der Waals surface area contributed by atoms with Gasteiger partial charge in [0.05, 0.1) is 13.3 Å². The van der Waals surface area contributed by atoms with Crippen molar-refractivity contribution in [2.45, 2.75) is 13.0 Å². The Balaban J connectivity index is 1.85. The van der Waals surface area contributed by atoms with Gasteiger partial charge >= 0.3 is 0 Å². The molecule has 0 fully saturated rings. The number of carbonyl (C=O) groups is 2. The van der Waals surface area contributed by atoms with E-state index in [1.165, 1.54) is 54.9 Å². The molecule has 0 aliphatic carbocycles. The molecule has 1 atom stereocenters. The van der Waals surface area contributed by atoms with Crippen LogP contribution in [0.2, 0.25) is 0 Å². The van der Waals surface area contributed by atoms with Crippen LogP contribution in [0.15, 0.2) is 91.4 Å². The van der Waals surface area contributed by atoms with Crippen molar-refractivity contribution in [3.63, 3.8) is 0 Å². The number of halogens is 1. The summed E-state index contributed by atoms with van der Waals surface area (Å²) in [4.78, 5) is 37.0. The average Bonchev–Trinajstić information content (AvgIpc) is 2.89. The Morgan fingerprint density at radius 1 is 1.00 bits per heavy atom. The predicted octanol–water partition coefficient (Wildman–Crippen LogP) is 4.96. The maximum atomic E-state index is 13.8. The molecule has 8 heteroatoms. The zero-order chi connectivity index (χ0) is 24.8. The summed E-state index contributed by atoms with van der Waals surface area (Å²) in [6, 6.07) is 18.5. The molecule has 0 spiro atoms. The monoisotopic (exact) mass is 470 g/mol. The minimum Gasteiger partial charge on any atom is -0.497 e. The highest BCUT2D eigenvalue weighted by Gasteiger charge is 2.34. The molecular weight excluding hydrogens is 447 g/mol. The number of hydrogen-bond donors (Lipinski definition) is 1. The highest BCUT2D eigenvalue weighted by Crippen LogP contribution is 2.32. The summed E-state index contributed by atoms with van der Waals surface area (Å²) in [5.74, 6) is -0.906. The molecule has 176 valence electrons. The maximum Gasteiger partial charge on any atom is 0.279 e. The molecule has 4 aromatic rings. The molecular formula is C27H23FN4O3. The van der Waals surface area contributed by atoms with Gasteiger partial charge in [0.2, 0.25) is 0 Å². The normalized spacial score (nSPS) is 11.4. The predicted molar refractivity (Wildman–Crippen MR) is 131 cm³/mol. The Hall–Kier alpha value is -4.59. The van der Waals surface area contributed by atoms with E-state index in [4.69, 9.17) is 4.74 Å². The number of amides is 2. The molecule has 0 aliphatic heterocycles. The van der Waals surface area contributed by atoms with Gasteiger partial charge in [-0.05, 0) is 61.0 Å². The molecule has 0 saturated carbocycles. The van der Waals surface area contributed by atoms with Crippen molar-refractivity contribution < 1.29 is 18.7 Å². The van der Waals surface area contributed by atoms with Crippen molar-refractivity contribution in [2.24, 2.45) is 0 Å². The maximum absolute atomic E-state index is 13.8. The third kappa shape index (κ3) is 5.50. The van der Waals surface area contributed by atoms with Crippen LogP contribution in [0.3, 0.4) is 0 Å². The van der Waals surface area contributed by atoms with E-state index in [2.05, 4.69) is 15.3 Å². The van der Waals surface area contributed by atoms with E-state index in [9.17, 15) is 14.0 Å². The van der Waals surface area contributed by atoms with Crippen LogP contribution >= 0.6 is 0 Å². The average molecular weight is 471 g/mol. The van der Waals surface area contributed by atoms with Gasteiger partial charge in [0.1, 0.15) is 23.3 Å².